The van der Waals surface area contributed by atoms with Crippen LogP contribution in [0.25, 0.3) is 0 Å². The standard InChI is InChI=1S/C13H21N3O/c1-5-12(16-13(17)14-4)8-7-11(3)9-10-15-6-2/h5-11H,1-4H3,(H2,14,16,17)/b8-7-,10-9+,12-5+,15-6?. The van der Waals surface area contributed by atoms with Crippen molar-refractivity contribution in [1.82, 2.24) is 10.6 Å². The molecule has 2 N–H and O–H groups in total. The Morgan fingerprint density at radius 2 is 2.00 bits per heavy atom. The minimum atomic E-state index is -0.221. The van der Waals surface area contributed by atoms with Crippen LogP contribution in [0.1, 0.15) is 20.8 Å². The van der Waals surface area contributed by atoms with E-state index in [1.54, 1.807) is 19.5 Å². The number of rotatable bonds is 5. The Kier molecular flexibility index (Phi) is 8.37. The zero-order valence-electron chi connectivity index (χ0n) is 10.9. The summed E-state index contributed by atoms with van der Waals surface area (Å²) in [5, 5.41) is 5.21. The molecule has 0 rings (SSSR count). The van der Waals surface area contributed by atoms with Gasteiger partial charge in [-0.2, -0.15) is 0 Å². The SMILES string of the molecule is CC=N/C=C/C(C)/C=C\C(=C/C)NC(=O)NC. The van der Waals surface area contributed by atoms with E-state index < -0.39 is 0 Å². The maximum absolute atomic E-state index is 11.1. The molecule has 0 aliphatic carbocycles. The van der Waals surface area contributed by atoms with Gasteiger partial charge in [0.05, 0.1) is 0 Å². The van der Waals surface area contributed by atoms with Crippen LogP contribution in [-0.4, -0.2) is 19.3 Å². The molecule has 0 aromatic carbocycles. The van der Waals surface area contributed by atoms with Crippen molar-refractivity contribution in [1.29, 1.82) is 0 Å². The fourth-order valence-electron chi connectivity index (χ4n) is 0.995. The fraction of sp³-hybridized carbons (Fsp3) is 0.385. The molecule has 1 unspecified atom stereocenters. The smallest absolute Gasteiger partial charge is 0.318 e. The molecular formula is C13H21N3O. The minimum Gasteiger partial charge on any atom is -0.341 e. The van der Waals surface area contributed by atoms with E-state index in [2.05, 4.69) is 15.6 Å². The molecule has 0 aliphatic rings. The maximum atomic E-state index is 11.1. The number of amides is 2. The predicted octanol–water partition coefficient (Wildman–Crippen LogP) is 2.62. The third-order valence-corrected chi connectivity index (χ3v) is 2.00. The summed E-state index contributed by atoms with van der Waals surface area (Å²) in [6.07, 6.45) is 11.2. The van der Waals surface area contributed by atoms with Gasteiger partial charge in [-0.25, -0.2) is 4.79 Å². The molecule has 0 bridgehead atoms. The molecular weight excluding hydrogens is 214 g/mol. The molecule has 0 aliphatic heterocycles. The highest BCUT2D eigenvalue weighted by Gasteiger charge is 1.97. The van der Waals surface area contributed by atoms with Crippen LogP contribution in [0.15, 0.2) is 41.2 Å². The van der Waals surface area contributed by atoms with E-state index in [1.165, 1.54) is 0 Å². The van der Waals surface area contributed by atoms with Gasteiger partial charge in [0.15, 0.2) is 0 Å². The van der Waals surface area contributed by atoms with E-state index in [9.17, 15) is 4.79 Å². The largest absolute Gasteiger partial charge is 0.341 e. The normalized spacial score (nSPS) is 14.7. The molecule has 0 radical (unpaired) electrons. The summed E-state index contributed by atoms with van der Waals surface area (Å²) in [7, 11) is 1.58. The molecule has 4 heteroatoms. The first-order valence-corrected chi connectivity index (χ1v) is 5.61. The summed E-state index contributed by atoms with van der Waals surface area (Å²) in [6.45, 7) is 5.79. The summed E-state index contributed by atoms with van der Waals surface area (Å²) in [5.74, 6) is 0.264. The number of allylic oxidation sites excluding steroid dienone is 4. The molecule has 4 nitrogen and oxygen atoms in total. The number of urea groups is 1. The lowest BCUT2D eigenvalue weighted by atomic mass is 10.1. The molecule has 0 fully saturated rings. The number of carbonyl (C=O) groups excluding carboxylic acids is 1. The van der Waals surface area contributed by atoms with Crippen molar-refractivity contribution < 1.29 is 4.79 Å². The summed E-state index contributed by atoms with van der Waals surface area (Å²) in [4.78, 5) is 15.1. The van der Waals surface area contributed by atoms with Gasteiger partial charge in [0, 0.05) is 25.2 Å². The molecule has 0 aromatic heterocycles. The number of aliphatic imine (C=N–C) groups is 1. The Morgan fingerprint density at radius 1 is 1.29 bits per heavy atom. The van der Waals surface area contributed by atoms with Gasteiger partial charge < -0.3 is 10.6 Å². The first-order valence-electron chi connectivity index (χ1n) is 5.61. The van der Waals surface area contributed by atoms with Crippen LogP contribution in [0.2, 0.25) is 0 Å². The zero-order valence-corrected chi connectivity index (χ0v) is 10.9. The summed E-state index contributed by atoms with van der Waals surface area (Å²) in [6, 6.07) is -0.221. The Labute approximate surface area is 103 Å². The highest BCUT2D eigenvalue weighted by molar-refractivity contribution is 5.76. The maximum Gasteiger partial charge on any atom is 0.318 e. The second-order valence-corrected chi connectivity index (χ2v) is 3.42. The summed E-state index contributed by atoms with van der Waals surface area (Å²) < 4.78 is 0. The Morgan fingerprint density at radius 3 is 2.53 bits per heavy atom. The van der Waals surface area contributed by atoms with Crippen molar-refractivity contribution in [2.75, 3.05) is 7.05 Å². The molecule has 1 atom stereocenters. The third-order valence-electron chi connectivity index (χ3n) is 2.00. The lowest BCUT2D eigenvalue weighted by Crippen LogP contribution is -2.31. The van der Waals surface area contributed by atoms with Gasteiger partial charge in [-0.15, -0.1) is 0 Å². The predicted molar refractivity (Wildman–Crippen MR) is 73.0 cm³/mol. The molecule has 0 saturated heterocycles. The van der Waals surface area contributed by atoms with Crippen LogP contribution in [0.4, 0.5) is 4.79 Å². The van der Waals surface area contributed by atoms with Gasteiger partial charge >= 0.3 is 6.03 Å². The molecule has 94 valence electrons. The minimum absolute atomic E-state index is 0.221. The molecule has 0 heterocycles. The highest BCUT2D eigenvalue weighted by Crippen LogP contribution is 2.02. The Balaban J connectivity index is 4.32. The van der Waals surface area contributed by atoms with Gasteiger partial charge in [-0.3, -0.25) is 4.99 Å². The van der Waals surface area contributed by atoms with Gasteiger partial charge in [-0.05, 0) is 25.8 Å². The number of nitrogens with one attached hydrogen (secondary N) is 2. The Bertz CT molecular complexity index is 341. The van der Waals surface area contributed by atoms with Crippen molar-refractivity contribution in [3.8, 4) is 0 Å². The van der Waals surface area contributed by atoms with E-state index >= 15 is 0 Å². The molecule has 2 amide bonds. The topological polar surface area (TPSA) is 53.5 Å². The van der Waals surface area contributed by atoms with Gasteiger partial charge in [0.1, 0.15) is 0 Å². The van der Waals surface area contributed by atoms with Gasteiger partial charge in [0.25, 0.3) is 0 Å². The molecule has 0 aromatic rings. The van der Waals surface area contributed by atoms with E-state index in [4.69, 9.17) is 0 Å². The van der Waals surface area contributed by atoms with Crippen LogP contribution in [0, 0.1) is 5.92 Å². The average Bonchev–Trinajstić information content (AvgIpc) is 2.34. The van der Waals surface area contributed by atoms with Crippen LogP contribution < -0.4 is 10.6 Å². The van der Waals surface area contributed by atoms with Gasteiger partial charge in [0.2, 0.25) is 0 Å². The van der Waals surface area contributed by atoms with Crippen molar-refractivity contribution in [2.45, 2.75) is 20.8 Å². The van der Waals surface area contributed by atoms with E-state index in [1.807, 2.05) is 45.1 Å². The average molecular weight is 235 g/mol. The summed E-state index contributed by atoms with van der Waals surface area (Å²) >= 11 is 0. The van der Waals surface area contributed by atoms with Crippen molar-refractivity contribution in [3.63, 3.8) is 0 Å². The number of carbonyl (C=O) groups is 1. The van der Waals surface area contributed by atoms with E-state index in [-0.39, 0.29) is 11.9 Å². The van der Waals surface area contributed by atoms with Crippen LogP contribution in [-0.2, 0) is 0 Å². The Hall–Kier alpha value is -1.84. The lowest BCUT2D eigenvalue weighted by Gasteiger charge is -2.05. The van der Waals surface area contributed by atoms with Gasteiger partial charge in [-0.1, -0.05) is 25.2 Å². The van der Waals surface area contributed by atoms with E-state index in [0.29, 0.717) is 0 Å². The van der Waals surface area contributed by atoms with Crippen LogP contribution >= 0.6 is 0 Å². The van der Waals surface area contributed by atoms with Crippen LogP contribution in [0.3, 0.4) is 0 Å². The lowest BCUT2D eigenvalue weighted by molar-refractivity contribution is 0.245. The first kappa shape index (κ1) is 15.2. The molecule has 0 saturated carbocycles. The molecule has 17 heavy (non-hydrogen) atoms. The zero-order chi connectivity index (χ0) is 13.1. The first-order chi connectivity index (χ1) is 8.13. The number of hydrogen-bond acceptors (Lipinski definition) is 2. The fourth-order valence-corrected chi connectivity index (χ4v) is 0.995. The molecule has 0 spiro atoms. The van der Waals surface area contributed by atoms with Crippen molar-refractivity contribution in [2.24, 2.45) is 10.9 Å². The highest BCUT2D eigenvalue weighted by atomic mass is 16.2. The second-order valence-electron chi connectivity index (χ2n) is 3.42. The quantitative estimate of drug-likeness (QED) is 0.558. The number of hydrogen-bond donors (Lipinski definition) is 2. The van der Waals surface area contributed by atoms with E-state index in [0.717, 1.165) is 5.70 Å². The second kappa shape index (κ2) is 9.39. The number of nitrogens with zero attached hydrogens (tertiary/aromatic N) is 1. The van der Waals surface area contributed by atoms with Crippen molar-refractivity contribution >= 4 is 12.2 Å². The summed E-state index contributed by atoms with van der Waals surface area (Å²) in [5.41, 5.74) is 0.767. The third kappa shape index (κ3) is 8.02. The van der Waals surface area contributed by atoms with Crippen molar-refractivity contribution in [3.05, 3.63) is 36.2 Å². The monoisotopic (exact) mass is 235 g/mol. The van der Waals surface area contributed by atoms with Crippen LogP contribution in [0.5, 0.6) is 0 Å².